The minimum atomic E-state index is -3.44. The first-order valence-electron chi connectivity index (χ1n) is 9.32. The normalized spacial score (nSPS) is 11.7. The van der Waals surface area contributed by atoms with Crippen molar-refractivity contribution in [2.24, 2.45) is 13.0 Å². The summed E-state index contributed by atoms with van der Waals surface area (Å²) in [7, 11) is -1.70. The maximum absolute atomic E-state index is 12.2. The highest BCUT2D eigenvalue weighted by molar-refractivity contribution is 7.92. The van der Waals surface area contributed by atoms with Crippen LogP contribution in [0.2, 0.25) is 0 Å². The van der Waals surface area contributed by atoms with Crippen LogP contribution in [-0.2, 0) is 34.5 Å². The SMILES string of the molecule is CC(C)CCc1cc(NC(=O)CS(=O)(=O)CCCc2ccccc2)n(C)n1. The lowest BCUT2D eigenvalue weighted by molar-refractivity contribution is -0.113. The van der Waals surface area contributed by atoms with Crippen molar-refractivity contribution in [3.05, 3.63) is 47.7 Å². The summed E-state index contributed by atoms with van der Waals surface area (Å²) in [6.45, 7) is 4.29. The predicted molar refractivity (Wildman–Crippen MR) is 108 cm³/mol. The largest absolute Gasteiger partial charge is 0.310 e. The topological polar surface area (TPSA) is 81.1 Å². The van der Waals surface area contributed by atoms with E-state index in [1.165, 1.54) is 0 Å². The van der Waals surface area contributed by atoms with Crippen LogP contribution in [-0.4, -0.2) is 35.6 Å². The van der Waals surface area contributed by atoms with Gasteiger partial charge in [-0.25, -0.2) is 8.42 Å². The van der Waals surface area contributed by atoms with Gasteiger partial charge in [0.25, 0.3) is 0 Å². The number of nitrogens with one attached hydrogen (secondary N) is 1. The molecule has 1 heterocycles. The zero-order chi connectivity index (χ0) is 19.9. The molecule has 2 rings (SSSR count). The first-order chi connectivity index (χ1) is 12.7. The Morgan fingerprint density at radius 1 is 1.19 bits per heavy atom. The van der Waals surface area contributed by atoms with Gasteiger partial charge in [0.05, 0.1) is 11.4 Å². The van der Waals surface area contributed by atoms with Crippen LogP contribution in [0.15, 0.2) is 36.4 Å². The molecule has 148 valence electrons. The van der Waals surface area contributed by atoms with Crippen molar-refractivity contribution in [2.75, 3.05) is 16.8 Å². The fraction of sp³-hybridized carbons (Fsp3) is 0.500. The van der Waals surface area contributed by atoms with Crippen LogP contribution in [0.3, 0.4) is 0 Å². The van der Waals surface area contributed by atoms with Gasteiger partial charge < -0.3 is 5.32 Å². The molecule has 0 saturated carbocycles. The monoisotopic (exact) mass is 391 g/mol. The molecule has 2 aromatic rings. The summed E-state index contributed by atoms with van der Waals surface area (Å²) >= 11 is 0. The Kier molecular flexibility index (Phi) is 7.59. The number of sulfone groups is 1. The first kappa shape index (κ1) is 21.2. The van der Waals surface area contributed by atoms with Crippen molar-refractivity contribution in [2.45, 2.75) is 39.5 Å². The quantitative estimate of drug-likeness (QED) is 0.675. The van der Waals surface area contributed by atoms with Crippen molar-refractivity contribution in [3.63, 3.8) is 0 Å². The molecule has 1 aromatic carbocycles. The molecule has 1 amide bonds. The Hall–Kier alpha value is -2.15. The number of benzene rings is 1. The highest BCUT2D eigenvalue weighted by Crippen LogP contribution is 2.13. The van der Waals surface area contributed by atoms with Crippen molar-refractivity contribution >= 4 is 21.6 Å². The fourth-order valence-corrected chi connectivity index (χ4v) is 3.99. The number of hydrogen-bond acceptors (Lipinski definition) is 4. The number of rotatable bonds is 10. The molecule has 7 heteroatoms. The second-order valence-corrected chi connectivity index (χ2v) is 9.49. The van der Waals surface area contributed by atoms with Crippen LogP contribution in [0.1, 0.15) is 37.9 Å². The van der Waals surface area contributed by atoms with Gasteiger partial charge in [-0.05, 0) is 37.2 Å². The molecule has 0 spiro atoms. The summed E-state index contributed by atoms with van der Waals surface area (Å²) in [5.41, 5.74) is 1.99. The maximum Gasteiger partial charge on any atom is 0.240 e. The zero-order valence-electron chi connectivity index (χ0n) is 16.3. The Bertz CT molecular complexity index is 843. The Morgan fingerprint density at radius 3 is 2.56 bits per heavy atom. The van der Waals surface area contributed by atoms with Gasteiger partial charge in [-0.3, -0.25) is 9.48 Å². The van der Waals surface area contributed by atoms with Gasteiger partial charge in [0.15, 0.2) is 9.84 Å². The number of aryl methyl sites for hydroxylation is 3. The first-order valence-corrected chi connectivity index (χ1v) is 11.1. The summed E-state index contributed by atoms with van der Waals surface area (Å²) in [5, 5.41) is 7.03. The minimum absolute atomic E-state index is 0.000337. The minimum Gasteiger partial charge on any atom is -0.310 e. The fourth-order valence-electron chi connectivity index (χ4n) is 2.79. The third-order valence-corrected chi connectivity index (χ3v) is 5.90. The average molecular weight is 392 g/mol. The van der Waals surface area contributed by atoms with Crippen LogP contribution in [0.25, 0.3) is 0 Å². The third-order valence-electron chi connectivity index (χ3n) is 4.29. The smallest absolute Gasteiger partial charge is 0.240 e. The molecule has 0 bridgehead atoms. The molecular weight excluding hydrogens is 362 g/mol. The molecule has 0 unspecified atom stereocenters. The van der Waals surface area contributed by atoms with Gasteiger partial charge in [-0.15, -0.1) is 0 Å². The molecule has 1 aromatic heterocycles. The molecule has 0 aliphatic heterocycles. The maximum atomic E-state index is 12.2. The van der Waals surface area contributed by atoms with E-state index in [2.05, 4.69) is 24.3 Å². The van der Waals surface area contributed by atoms with Crippen LogP contribution >= 0.6 is 0 Å². The summed E-state index contributed by atoms with van der Waals surface area (Å²) in [6.07, 6.45) is 3.03. The highest BCUT2D eigenvalue weighted by atomic mass is 32.2. The van der Waals surface area contributed by atoms with E-state index in [9.17, 15) is 13.2 Å². The number of amides is 1. The molecule has 1 N–H and O–H groups in total. The second kappa shape index (κ2) is 9.69. The van der Waals surface area contributed by atoms with Gasteiger partial charge in [-0.2, -0.15) is 5.10 Å². The van der Waals surface area contributed by atoms with Crippen LogP contribution < -0.4 is 5.32 Å². The molecule has 0 fully saturated rings. The Balaban J connectivity index is 1.83. The van der Waals surface area contributed by atoms with Gasteiger partial charge >= 0.3 is 0 Å². The molecule has 0 atom stereocenters. The number of carbonyl (C=O) groups is 1. The summed E-state index contributed by atoms with van der Waals surface area (Å²) in [5.74, 6) is 0.0756. The molecule has 6 nitrogen and oxygen atoms in total. The van der Waals surface area contributed by atoms with Crippen molar-refractivity contribution in [1.29, 1.82) is 0 Å². The van der Waals surface area contributed by atoms with Crippen LogP contribution in [0, 0.1) is 5.92 Å². The van der Waals surface area contributed by atoms with E-state index in [1.807, 2.05) is 36.4 Å². The lowest BCUT2D eigenvalue weighted by atomic mass is 10.1. The van der Waals surface area contributed by atoms with Crippen molar-refractivity contribution < 1.29 is 13.2 Å². The number of nitrogens with zero attached hydrogens (tertiary/aromatic N) is 2. The van der Waals surface area contributed by atoms with E-state index in [0.29, 0.717) is 24.6 Å². The summed E-state index contributed by atoms with van der Waals surface area (Å²) in [4.78, 5) is 12.2. The van der Waals surface area contributed by atoms with E-state index in [-0.39, 0.29) is 5.75 Å². The van der Waals surface area contributed by atoms with Gasteiger partial charge in [0.1, 0.15) is 11.6 Å². The second-order valence-electron chi connectivity index (χ2n) is 7.31. The molecule has 0 aliphatic carbocycles. The Morgan fingerprint density at radius 2 is 1.89 bits per heavy atom. The van der Waals surface area contributed by atoms with E-state index >= 15 is 0 Å². The number of anilines is 1. The van der Waals surface area contributed by atoms with E-state index in [4.69, 9.17) is 0 Å². The predicted octanol–water partition coefficient (Wildman–Crippen LogP) is 2.99. The zero-order valence-corrected chi connectivity index (χ0v) is 17.1. The van der Waals surface area contributed by atoms with Gasteiger partial charge in [0.2, 0.25) is 5.91 Å². The molecule has 0 aliphatic rings. The summed E-state index contributed by atoms with van der Waals surface area (Å²) in [6, 6.07) is 11.5. The van der Waals surface area contributed by atoms with Crippen LogP contribution in [0.5, 0.6) is 0 Å². The highest BCUT2D eigenvalue weighted by Gasteiger charge is 2.18. The van der Waals surface area contributed by atoms with Gasteiger partial charge in [-0.1, -0.05) is 44.2 Å². The van der Waals surface area contributed by atoms with Crippen LogP contribution in [0.4, 0.5) is 5.82 Å². The summed E-state index contributed by atoms with van der Waals surface area (Å²) < 4.78 is 26.0. The third kappa shape index (κ3) is 7.54. The lowest BCUT2D eigenvalue weighted by Crippen LogP contribution is -2.25. The number of hydrogen-bond donors (Lipinski definition) is 1. The molecular formula is C20H29N3O3S. The van der Waals surface area contributed by atoms with E-state index in [0.717, 1.165) is 24.1 Å². The molecule has 0 radical (unpaired) electrons. The van der Waals surface area contributed by atoms with Crippen molar-refractivity contribution in [3.8, 4) is 0 Å². The Labute approximate surface area is 161 Å². The molecule has 0 saturated heterocycles. The number of carbonyl (C=O) groups excluding carboxylic acids is 1. The average Bonchev–Trinajstić information content (AvgIpc) is 2.93. The standard InChI is InChI=1S/C20H29N3O3S/c1-16(2)11-12-18-14-19(23(3)22-18)21-20(24)15-27(25,26)13-7-10-17-8-5-4-6-9-17/h4-6,8-9,14,16H,7,10-13,15H2,1-3H3,(H,21,24). The van der Waals surface area contributed by atoms with Gasteiger partial charge in [0, 0.05) is 13.1 Å². The molecule has 27 heavy (non-hydrogen) atoms. The van der Waals surface area contributed by atoms with E-state index in [1.54, 1.807) is 11.7 Å². The number of aromatic nitrogens is 2. The van der Waals surface area contributed by atoms with E-state index < -0.39 is 21.5 Å². The van der Waals surface area contributed by atoms with Crippen molar-refractivity contribution in [1.82, 2.24) is 9.78 Å². The lowest BCUT2D eigenvalue weighted by Gasteiger charge is -2.06.